The van der Waals surface area contributed by atoms with Gasteiger partial charge in [0.25, 0.3) is 0 Å². The van der Waals surface area contributed by atoms with Gasteiger partial charge >= 0.3 is 11.7 Å². The summed E-state index contributed by atoms with van der Waals surface area (Å²) in [5.74, 6) is -0.837. The van der Waals surface area contributed by atoms with Crippen LogP contribution in [0, 0.1) is 6.92 Å². The van der Waals surface area contributed by atoms with Gasteiger partial charge in [0.1, 0.15) is 5.58 Å². The molecule has 0 spiro atoms. The van der Waals surface area contributed by atoms with Gasteiger partial charge in [0.05, 0.1) is 23.0 Å². The third kappa shape index (κ3) is 3.34. The molecule has 0 amide bonds. The van der Waals surface area contributed by atoms with E-state index in [4.69, 9.17) is 9.15 Å². The van der Waals surface area contributed by atoms with Crippen molar-refractivity contribution >= 4 is 28.0 Å². The Morgan fingerprint density at radius 3 is 2.82 bits per heavy atom. The largest absolute Gasteiger partial charge is 0.460 e. The van der Waals surface area contributed by atoms with Crippen molar-refractivity contribution in [1.29, 1.82) is 0 Å². The predicted molar refractivity (Wildman–Crippen MR) is 105 cm³/mol. The van der Waals surface area contributed by atoms with Gasteiger partial charge in [0.15, 0.2) is 5.43 Å². The number of aromatic nitrogens is 2. The van der Waals surface area contributed by atoms with Gasteiger partial charge < -0.3 is 14.1 Å². The highest BCUT2D eigenvalue weighted by atomic mass is 16.5. The minimum atomic E-state index is -0.703. The highest BCUT2D eigenvalue weighted by molar-refractivity contribution is 5.89. The average Bonchev–Trinajstić information content (AvgIpc) is 3.00. The van der Waals surface area contributed by atoms with Crippen LogP contribution in [0.25, 0.3) is 22.0 Å². The van der Waals surface area contributed by atoms with Crippen LogP contribution in [-0.2, 0) is 11.3 Å². The number of benzene rings is 2. The maximum absolute atomic E-state index is 12.2. The lowest BCUT2D eigenvalue weighted by atomic mass is 10.1. The Labute approximate surface area is 159 Å². The molecule has 7 heteroatoms. The SMILES string of the molecule is Cc1ccc2oc(C(=O)OCCCn3c(=O)[nH]c4ccccc43)cc(=O)c2c1. The molecule has 0 radical (unpaired) electrons. The standard InChI is InChI=1S/C21H18N2O5/c1-13-7-8-18-14(11-13)17(24)12-19(28-18)20(25)27-10-4-9-23-16-6-3-2-5-15(16)22-21(23)26/h2-3,5-8,11-12H,4,9-10H2,1H3,(H,22,26). The molecule has 4 aromatic rings. The highest BCUT2D eigenvalue weighted by Crippen LogP contribution is 2.15. The second-order valence-electron chi connectivity index (χ2n) is 6.56. The quantitative estimate of drug-likeness (QED) is 0.426. The molecule has 0 fully saturated rings. The number of esters is 1. The minimum absolute atomic E-state index is 0.0976. The molecule has 2 aromatic heterocycles. The molecule has 142 valence electrons. The number of H-pyrrole nitrogens is 1. The maximum Gasteiger partial charge on any atom is 0.374 e. The van der Waals surface area contributed by atoms with E-state index < -0.39 is 5.97 Å². The lowest BCUT2D eigenvalue weighted by Gasteiger charge is -2.06. The van der Waals surface area contributed by atoms with E-state index in [1.165, 1.54) is 0 Å². The van der Waals surface area contributed by atoms with Crippen LogP contribution in [0.5, 0.6) is 0 Å². The van der Waals surface area contributed by atoms with Crippen LogP contribution in [0.4, 0.5) is 0 Å². The number of rotatable bonds is 5. The molecule has 0 saturated carbocycles. The van der Waals surface area contributed by atoms with Gasteiger partial charge in [-0.3, -0.25) is 9.36 Å². The Bertz CT molecular complexity index is 1300. The van der Waals surface area contributed by atoms with Crippen molar-refractivity contribution < 1.29 is 13.9 Å². The van der Waals surface area contributed by atoms with Crippen molar-refractivity contribution in [2.24, 2.45) is 0 Å². The monoisotopic (exact) mass is 378 g/mol. The fourth-order valence-corrected chi connectivity index (χ4v) is 3.16. The van der Waals surface area contributed by atoms with Crippen molar-refractivity contribution in [3.63, 3.8) is 0 Å². The fraction of sp³-hybridized carbons (Fsp3) is 0.190. The van der Waals surface area contributed by atoms with Gasteiger partial charge in [0.2, 0.25) is 5.76 Å². The summed E-state index contributed by atoms with van der Waals surface area (Å²) in [5, 5.41) is 0.426. The molecule has 7 nitrogen and oxygen atoms in total. The smallest absolute Gasteiger partial charge is 0.374 e. The number of ether oxygens (including phenoxy) is 1. The van der Waals surface area contributed by atoms with E-state index in [0.29, 0.717) is 23.9 Å². The second-order valence-corrected chi connectivity index (χ2v) is 6.56. The Balaban J connectivity index is 1.43. The predicted octanol–water partition coefficient (Wildman–Crippen LogP) is 2.99. The third-order valence-corrected chi connectivity index (χ3v) is 4.52. The highest BCUT2D eigenvalue weighted by Gasteiger charge is 2.14. The number of hydrogen-bond acceptors (Lipinski definition) is 5. The van der Waals surface area contributed by atoms with E-state index in [-0.39, 0.29) is 23.5 Å². The first-order chi connectivity index (χ1) is 13.5. The number of carbonyl (C=O) groups excluding carboxylic acids is 1. The molecule has 2 heterocycles. The van der Waals surface area contributed by atoms with Gasteiger partial charge in [-0.2, -0.15) is 0 Å². The zero-order valence-corrected chi connectivity index (χ0v) is 15.2. The number of hydrogen-bond donors (Lipinski definition) is 1. The van der Waals surface area contributed by atoms with Crippen molar-refractivity contribution in [3.8, 4) is 0 Å². The molecule has 4 rings (SSSR count). The number of imidazole rings is 1. The van der Waals surface area contributed by atoms with Crippen molar-refractivity contribution in [2.45, 2.75) is 19.9 Å². The van der Waals surface area contributed by atoms with Crippen molar-refractivity contribution in [3.05, 3.63) is 80.6 Å². The summed E-state index contributed by atoms with van der Waals surface area (Å²) >= 11 is 0. The molecule has 0 aliphatic carbocycles. The molecule has 0 aliphatic rings. The van der Waals surface area contributed by atoms with Crippen LogP contribution in [0.1, 0.15) is 22.5 Å². The summed E-state index contributed by atoms with van der Waals surface area (Å²) in [7, 11) is 0. The van der Waals surface area contributed by atoms with E-state index in [1.807, 2.05) is 31.2 Å². The summed E-state index contributed by atoms with van der Waals surface area (Å²) in [6.07, 6.45) is 0.449. The molecule has 0 unspecified atom stereocenters. The lowest BCUT2D eigenvalue weighted by molar-refractivity contribution is 0.0460. The minimum Gasteiger partial charge on any atom is -0.460 e. The topological polar surface area (TPSA) is 94.3 Å². The Morgan fingerprint density at radius 1 is 1.14 bits per heavy atom. The number of aromatic amines is 1. The van der Waals surface area contributed by atoms with Crippen LogP contribution in [0.2, 0.25) is 0 Å². The molecule has 0 saturated heterocycles. The Hall–Kier alpha value is -3.61. The first kappa shape index (κ1) is 17.8. The average molecular weight is 378 g/mol. The second kappa shape index (κ2) is 7.19. The van der Waals surface area contributed by atoms with E-state index in [1.54, 1.807) is 22.8 Å². The molecule has 0 atom stereocenters. The van der Waals surface area contributed by atoms with Gasteiger partial charge in [-0.1, -0.05) is 23.8 Å². The molecule has 0 bridgehead atoms. The molecular formula is C21H18N2O5. The van der Waals surface area contributed by atoms with Crippen LogP contribution in [0.15, 0.2) is 62.5 Å². The number of carbonyl (C=O) groups is 1. The van der Waals surface area contributed by atoms with E-state index >= 15 is 0 Å². The zero-order valence-electron chi connectivity index (χ0n) is 15.2. The Morgan fingerprint density at radius 2 is 1.96 bits per heavy atom. The van der Waals surface area contributed by atoms with Gasteiger partial charge in [0, 0.05) is 12.6 Å². The number of nitrogens with zero attached hydrogens (tertiary/aromatic N) is 1. The zero-order chi connectivity index (χ0) is 19.7. The number of fused-ring (bicyclic) bond motifs is 2. The van der Waals surface area contributed by atoms with E-state index in [2.05, 4.69) is 4.98 Å². The summed E-state index contributed by atoms with van der Waals surface area (Å²) in [6.45, 7) is 2.37. The van der Waals surface area contributed by atoms with Crippen LogP contribution < -0.4 is 11.1 Å². The van der Waals surface area contributed by atoms with Crippen molar-refractivity contribution in [2.75, 3.05) is 6.61 Å². The summed E-state index contributed by atoms with van der Waals surface area (Å²) in [5.41, 5.74) is 2.34. The molecule has 28 heavy (non-hydrogen) atoms. The van der Waals surface area contributed by atoms with E-state index in [0.717, 1.165) is 22.7 Å². The number of aryl methyl sites for hydroxylation is 2. The number of para-hydroxylation sites is 2. The molecule has 1 N–H and O–H groups in total. The van der Waals surface area contributed by atoms with Crippen LogP contribution in [0.3, 0.4) is 0 Å². The van der Waals surface area contributed by atoms with Gasteiger partial charge in [-0.25, -0.2) is 9.59 Å². The van der Waals surface area contributed by atoms with Gasteiger partial charge in [-0.15, -0.1) is 0 Å². The van der Waals surface area contributed by atoms with Gasteiger partial charge in [-0.05, 0) is 37.6 Å². The molecule has 2 aromatic carbocycles. The normalized spacial score (nSPS) is 11.2. The fourth-order valence-electron chi connectivity index (χ4n) is 3.16. The first-order valence-corrected chi connectivity index (χ1v) is 8.92. The van der Waals surface area contributed by atoms with Crippen molar-refractivity contribution in [1.82, 2.24) is 9.55 Å². The lowest BCUT2D eigenvalue weighted by Crippen LogP contribution is -2.18. The summed E-state index contributed by atoms with van der Waals surface area (Å²) in [6, 6.07) is 13.7. The van der Waals surface area contributed by atoms with Crippen LogP contribution >= 0.6 is 0 Å². The number of nitrogens with one attached hydrogen (secondary N) is 1. The Kier molecular flexibility index (Phi) is 4.57. The maximum atomic E-state index is 12.2. The van der Waals surface area contributed by atoms with Crippen LogP contribution in [-0.4, -0.2) is 22.1 Å². The van der Waals surface area contributed by atoms with E-state index in [9.17, 15) is 14.4 Å². The molecule has 0 aliphatic heterocycles. The third-order valence-electron chi connectivity index (χ3n) is 4.52. The first-order valence-electron chi connectivity index (χ1n) is 8.92. The summed E-state index contributed by atoms with van der Waals surface area (Å²) < 4.78 is 12.3. The summed E-state index contributed by atoms with van der Waals surface area (Å²) in [4.78, 5) is 39.2. The molecular weight excluding hydrogens is 360 g/mol.